The van der Waals surface area contributed by atoms with Crippen LogP contribution < -0.4 is 32.3 Å². The largest absolute Gasteiger partial charge is 0.451 e. The van der Waals surface area contributed by atoms with E-state index in [1.165, 1.54) is 25.1 Å². The minimum atomic E-state index is -0.614. The van der Waals surface area contributed by atoms with E-state index < -0.39 is 17.2 Å². The number of carbonyl (C=O) groups is 1. The van der Waals surface area contributed by atoms with Gasteiger partial charge in [-0.05, 0) is 61.3 Å². The van der Waals surface area contributed by atoms with Gasteiger partial charge < -0.3 is 36.3 Å². The SMILES string of the molecule is NC(N)=NCCCNC(=O)c1cn2c3c(c(NCCN4CCCC4)c(F)cc3c1=O)Oc1cc3ccccc3cc1-2. The Labute approximate surface area is 235 Å². The molecule has 0 aliphatic carbocycles. The fourth-order valence-electron chi connectivity index (χ4n) is 5.56. The Morgan fingerprint density at radius 3 is 2.59 bits per heavy atom. The lowest BCUT2D eigenvalue weighted by Crippen LogP contribution is -2.31. The van der Waals surface area contributed by atoms with Crippen LogP contribution in [0.25, 0.3) is 27.4 Å². The highest BCUT2D eigenvalue weighted by molar-refractivity contribution is 6.02. The Balaban J connectivity index is 1.43. The number of fused-ring (bicyclic) bond motifs is 3. The standard InChI is InChI=1S/C30H32FN7O3/c31-22-16-20-26-28(25(22)34-10-13-37-11-3-4-12-37)41-24-15-19-7-2-1-6-18(19)14-23(24)38(26)17-21(27(20)39)29(40)35-8-5-9-36-30(32)33/h1-2,6-7,14-17,34H,3-5,8-13H2,(H,35,40)(H4,32,33,36). The summed E-state index contributed by atoms with van der Waals surface area (Å²) in [5.74, 6) is -0.478. The number of aromatic nitrogens is 1. The molecule has 0 atom stereocenters. The molecule has 1 amide bonds. The molecular weight excluding hydrogens is 525 g/mol. The summed E-state index contributed by atoms with van der Waals surface area (Å²) in [6.07, 6.45) is 4.34. The lowest BCUT2D eigenvalue weighted by molar-refractivity contribution is 0.0952. The van der Waals surface area contributed by atoms with Gasteiger partial charge in [0.15, 0.2) is 23.3 Å². The summed E-state index contributed by atoms with van der Waals surface area (Å²) in [6.45, 7) is 3.96. The third-order valence-electron chi connectivity index (χ3n) is 7.58. The highest BCUT2D eigenvalue weighted by atomic mass is 19.1. The summed E-state index contributed by atoms with van der Waals surface area (Å²) in [5, 5.41) is 7.95. The van der Waals surface area contributed by atoms with Crippen LogP contribution in [0.1, 0.15) is 29.6 Å². The fourth-order valence-corrected chi connectivity index (χ4v) is 5.56. The monoisotopic (exact) mass is 557 g/mol. The summed E-state index contributed by atoms with van der Waals surface area (Å²) < 4.78 is 23.8. The van der Waals surface area contributed by atoms with Crippen LogP contribution in [-0.2, 0) is 0 Å². The Morgan fingerprint density at radius 1 is 1.07 bits per heavy atom. The van der Waals surface area contributed by atoms with E-state index in [9.17, 15) is 9.59 Å². The van der Waals surface area contributed by atoms with Crippen molar-refractivity contribution in [1.29, 1.82) is 0 Å². The number of halogens is 1. The molecule has 0 spiro atoms. The van der Waals surface area contributed by atoms with Crippen molar-refractivity contribution in [2.75, 3.05) is 44.6 Å². The number of anilines is 1. The van der Waals surface area contributed by atoms with Crippen LogP contribution in [0.5, 0.6) is 11.5 Å². The number of nitrogens with two attached hydrogens (primary N) is 2. The van der Waals surface area contributed by atoms with E-state index in [4.69, 9.17) is 16.2 Å². The second-order valence-electron chi connectivity index (χ2n) is 10.4. The third-order valence-corrected chi connectivity index (χ3v) is 7.58. The van der Waals surface area contributed by atoms with Gasteiger partial charge in [-0.3, -0.25) is 14.6 Å². The van der Waals surface area contributed by atoms with Gasteiger partial charge in [-0.15, -0.1) is 0 Å². The first kappa shape index (κ1) is 26.6. The molecule has 1 saturated heterocycles. The highest BCUT2D eigenvalue weighted by Gasteiger charge is 2.29. The van der Waals surface area contributed by atoms with Crippen molar-refractivity contribution in [3.63, 3.8) is 0 Å². The van der Waals surface area contributed by atoms with Gasteiger partial charge in [0, 0.05) is 32.4 Å². The summed E-state index contributed by atoms with van der Waals surface area (Å²) in [5.41, 5.74) is 11.3. The minimum absolute atomic E-state index is 0.0284. The second-order valence-corrected chi connectivity index (χ2v) is 10.4. The van der Waals surface area contributed by atoms with E-state index in [0.29, 0.717) is 36.5 Å². The van der Waals surface area contributed by atoms with Crippen molar-refractivity contribution >= 4 is 39.2 Å². The molecule has 6 N–H and O–H groups in total. The van der Waals surface area contributed by atoms with Gasteiger partial charge in [0.1, 0.15) is 16.8 Å². The smallest absolute Gasteiger partial charge is 0.256 e. The molecular formula is C30H32FN7O3. The first-order valence-corrected chi connectivity index (χ1v) is 13.8. The number of likely N-dealkylation sites (tertiary alicyclic amines) is 1. The van der Waals surface area contributed by atoms with Gasteiger partial charge in [-0.25, -0.2) is 4.39 Å². The van der Waals surface area contributed by atoms with Crippen LogP contribution in [0.3, 0.4) is 0 Å². The number of ether oxygens (including phenoxy) is 1. The Bertz CT molecular complexity index is 1740. The zero-order valence-electron chi connectivity index (χ0n) is 22.6. The molecule has 1 fully saturated rings. The van der Waals surface area contributed by atoms with Crippen LogP contribution in [0, 0.1) is 5.82 Å². The number of pyridine rings is 1. The number of nitrogens with one attached hydrogen (secondary N) is 2. The highest BCUT2D eigenvalue weighted by Crippen LogP contribution is 2.46. The lowest BCUT2D eigenvalue weighted by Gasteiger charge is -2.27. The predicted octanol–water partition coefficient (Wildman–Crippen LogP) is 3.29. The molecule has 0 saturated carbocycles. The average Bonchev–Trinajstić information content (AvgIpc) is 3.48. The maximum atomic E-state index is 15.7. The number of hydrogen-bond acceptors (Lipinski definition) is 6. The number of benzene rings is 3. The van der Waals surface area contributed by atoms with Crippen LogP contribution in [0.15, 0.2) is 58.4 Å². The van der Waals surface area contributed by atoms with Gasteiger partial charge in [-0.1, -0.05) is 24.3 Å². The molecule has 10 nitrogen and oxygen atoms in total. The lowest BCUT2D eigenvalue weighted by atomic mass is 10.0. The summed E-state index contributed by atoms with van der Waals surface area (Å²) in [4.78, 5) is 33.0. The minimum Gasteiger partial charge on any atom is -0.451 e. The molecule has 3 aromatic carbocycles. The van der Waals surface area contributed by atoms with Crippen molar-refractivity contribution in [1.82, 2.24) is 14.8 Å². The summed E-state index contributed by atoms with van der Waals surface area (Å²) in [6, 6.07) is 12.8. The van der Waals surface area contributed by atoms with E-state index in [-0.39, 0.29) is 34.9 Å². The predicted molar refractivity (Wildman–Crippen MR) is 159 cm³/mol. The maximum absolute atomic E-state index is 15.7. The molecule has 41 heavy (non-hydrogen) atoms. The van der Waals surface area contributed by atoms with E-state index in [1.54, 1.807) is 4.57 Å². The molecule has 0 unspecified atom stereocenters. The van der Waals surface area contributed by atoms with Crippen molar-refractivity contribution in [3.8, 4) is 17.2 Å². The zero-order valence-corrected chi connectivity index (χ0v) is 22.6. The molecule has 0 bridgehead atoms. The average molecular weight is 558 g/mol. The van der Waals surface area contributed by atoms with Gasteiger partial charge in [0.2, 0.25) is 5.43 Å². The maximum Gasteiger partial charge on any atom is 0.256 e. The molecule has 1 aromatic heterocycles. The van der Waals surface area contributed by atoms with Crippen LogP contribution in [-0.4, -0.2) is 60.6 Å². The number of hydrogen-bond donors (Lipinski definition) is 4. The Morgan fingerprint density at radius 2 is 1.83 bits per heavy atom. The number of nitrogens with zero attached hydrogens (tertiary/aromatic N) is 3. The molecule has 212 valence electrons. The van der Waals surface area contributed by atoms with E-state index in [2.05, 4.69) is 20.5 Å². The van der Waals surface area contributed by atoms with Gasteiger partial charge in [0.05, 0.1) is 11.1 Å². The van der Waals surface area contributed by atoms with Crippen LogP contribution in [0.2, 0.25) is 0 Å². The molecule has 4 aromatic rings. The van der Waals surface area contributed by atoms with E-state index in [1.807, 2.05) is 36.4 Å². The second kappa shape index (κ2) is 11.1. The fraction of sp³-hybridized carbons (Fsp3) is 0.300. The Kier molecular flexibility index (Phi) is 7.19. The Hall–Kier alpha value is -4.64. The van der Waals surface area contributed by atoms with E-state index >= 15 is 4.39 Å². The molecule has 3 heterocycles. The molecule has 11 heteroatoms. The van der Waals surface area contributed by atoms with Crippen molar-refractivity contribution in [2.45, 2.75) is 19.3 Å². The number of amides is 1. The molecule has 6 rings (SSSR count). The topological polar surface area (TPSA) is 140 Å². The molecule has 2 aliphatic rings. The van der Waals surface area contributed by atoms with Crippen molar-refractivity contribution in [3.05, 3.63) is 70.3 Å². The van der Waals surface area contributed by atoms with Crippen molar-refractivity contribution < 1.29 is 13.9 Å². The number of rotatable bonds is 9. The summed E-state index contributed by atoms with van der Waals surface area (Å²) in [7, 11) is 0. The zero-order chi connectivity index (χ0) is 28.5. The van der Waals surface area contributed by atoms with Crippen molar-refractivity contribution in [2.24, 2.45) is 16.5 Å². The summed E-state index contributed by atoms with van der Waals surface area (Å²) >= 11 is 0. The number of guanidine groups is 1. The molecule has 0 radical (unpaired) electrons. The number of carbonyl (C=O) groups excluding carboxylic acids is 1. The van der Waals surface area contributed by atoms with Crippen LogP contribution >= 0.6 is 0 Å². The van der Waals surface area contributed by atoms with E-state index in [0.717, 1.165) is 30.4 Å². The third kappa shape index (κ3) is 5.16. The van der Waals surface area contributed by atoms with Gasteiger partial charge >= 0.3 is 0 Å². The quantitative estimate of drug-likeness (QED) is 0.124. The first-order chi connectivity index (χ1) is 19.9. The molecule has 2 aliphatic heterocycles. The van der Waals surface area contributed by atoms with Gasteiger partial charge in [-0.2, -0.15) is 0 Å². The van der Waals surface area contributed by atoms with Gasteiger partial charge in [0.25, 0.3) is 5.91 Å². The number of aliphatic imine (C=N–C) groups is 1. The van der Waals surface area contributed by atoms with Crippen LogP contribution in [0.4, 0.5) is 10.1 Å². The first-order valence-electron chi connectivity index (χ1n) is 13.8. The normalized spacial score (nSPS) is 14.1.